The largest absolute Gasteiger partial charge is 0.377 e. The van der Waals surface area contributed by atoms with E-state index in [9.17, 15) is 4.79 Å². The van der Waals surface area contributed by atoms with Gasteiger partial charge in [-0.3, -0.25) is 9.69 Å². The van der Waals surface area contributed by atoms with E-state index >= 15 is 0 Å². The Hall–Kier alpha value is -0.650. The van der Waals surface area contributed by atoms with E-state index < -0.39 is 5.54 Å². The van der Waals surface area contributed by atoms with E-state index in [1.165, 1.54) is 19.3 Å². The third-order valence-corrected chi connectivity index (χ3v) is 5.72. The standard InChI is InChI=1S/C16H29N3O2/c1-15(21-2)7-3-9-19(11-15)13-6-8-16(10-13,14(17)20)18-12-4-5-12/h12-13,18H,3-11H2,1-2H3,(H2,17,20). The second-order valence-corrected chi connectivity index (χ2v) is 7.49. The van der Waals surface area contributed by atoms with Crippen LogP contribution in [0.1, 0.15) is 51.9 Å². The Kier molecular flexibility index (Phi) is 4.01. The molecule has 5 heteroatoms. The smallest absolute Gasteiger partial charge is 0.237 e. The van der Waals surface area contributed by atoms with Crippen molar-refractivity contribution in [3.8, 4) is 0 Å². The van der Waals surface area contributed by atoms with Crippen molar-refractivity contribution in [1.29, 1.82) is 0 Å². The summed E-state index contributed by atoms with van der Waals surface area (Å²) in [6.45, 7) is 4.27. The van der Waals surface area contributed by atoms with Crippen molar-refractivity contribution in [3.63, 3.8) is 0 Å². The van der Waals surface area contributed by atoms with Gasteiger partial charge in [0.25, 0.3) is 0 Å². The molecular formula is C16H29N3O2. The normalized spacial score (nSPS) is 41.3. The van der Waals surface area contributed by atoms with E-state index in [4.69, 9.17) is 10.5 Å². The quantitative estimate of drug-likeness (QED) is 0.794. The molecule has 2 aliphatic carbocycles. The maximum atomic E-state index is 12.0. The number of nitrogens with zero attached hydrogens (tertiary/aromatic N) is 1. The third-order valence-electron chi connectivity index (χ3n) is 5.72. The van der Waals surface area contributed by atoms with Crippen LogP contribution in [-0.4, -0.2) is 54.2 Å². The van der Waals surface area contributed by atoms with Gasteiger partial charge in [0.2, 0.25) is 5.91 Å². The number of rotatable bonds is 5. The monoisotopic (exact) mass is 295 g/mol. The number of nitrogens with one attached hydrogen (secondary N) is 1. The van der Waals surface area contributed by atoms with Gasteiger partial charge < -0.3 is 15.8 Å². The lowest BCUT2D eigenvalue weighted by Crippen LogP contribution is -2.56. The molecule has 3 aliphatic rings. The van der Waals surface area contributed by atoms with Crippen LogP contribution < -0.4 is 11.1 Å². The van der Waals surface area contributed by atoms with Crippen LogP contribution in [0.4, 0.5) is 0 Å². The third kappa shape index (κ3) is 3.10. The van der Waals surface area contributed by atoms with Crippen LogP contribution in [0.5, 0.6) is 0 Å². The highest BCUT2D eigenvalue weighted by atomic mass is 16.5. The molecule has 0 aromatic rings. The number of methoxy groups -OCH3 is 1. The average Bonchev–Trinajstić information content (AvgIpc) is 3.15. The maximum absolute atomic E-state index is 12.0. The van der Waals surface area contributed by atoms with Crippen molar-refractivity contribution in [2.45, 2.75) is 75.1 Å². The van der Waals surface area contributed by atoms with Crippen molar-refractivity contribution in [2.75, 3.05) is 20.2 Å². The van der Waals surface area contributed by atoms with Crippen LogP contribution in [-0.2, 0) is 9.53 Å². The number of carbonyl (C=O) groups is 1. The first-order valence-corrected chi connectivity index (χ1v) is 8.33. The van der Waals surface area contributed by atoms with Crippen molar-refractivity contribution < 1.29 is 9.53 Å². The summed E-state index contributed by atoms with van der Waals surface area (Å²) in [6, 6.07) is 0.973. The van der Waals surface area contributed by atoms with Crippen LogP contribution in [0.2, 0.25) is 0 Å². The van der Waals surface area contributed by atoms with Gasteiger partial charge >= 0.3 is 0 Å². The summed E-state index contributed by atoms with van der Waals surface area (Å²) in [4.78, 5) is 14.5. The number of ether oxygens (including phenoxy) is 1. The molecule has 0 spiro atoms. The van der Waals surface area contributed by atoms with Gasteiger partial charge in [-0.25, -0.2) is 0 Å². The van der Waals surface area contributed by atoms with Crippen molar-refractivity contribution in [1.82, 2.24) is 10.2 Å². The molecule has 0 aromatic carbocycles. The molecule has 1 saturated heterocycles. The minimum Gasteiger partial charge on any atom is -0.377 e. The number of piperidine rings is 1. The number of amides is 1. The summed E-state index contributed by atoms with van der Waals surface area (Å²) < 4.78 is 5.69. The molecule has 3 fully saturated rings. The molecular weight excluding hydrogens is 266 g/mol. The fraction of sp³-hybridized carbons (Fsp3) is 0.938. The van der Waals surface area contributed by atoms with Crippen molar-refractivity contribution in [3.05, 3.63) is 0 Å². The minimum atomic E-state index is -0.466. The first kappa shape index (κ1) is 15.3. The fourth-order valence-corrected chi connectivity index (χ4v) is 4.10. The van der Waals surface area contributed by atoms with Crippen LogP contribution in [0.15, 0.2) is 0 Å². The van der Waals surface area contributed by atoms with Gasteiger partial charge in [0, 0.05) is 25.7 Å². The van der Waals surface area contributed by atoms with Crippen LogP contribution in [0, 0.1) is 0 Å². The molecule has 1 aliphatic heterocycles. The minimum absolute atomic E-state index is 0.0415. The van der Waals surface area contributed by atoms with E-state index in [2.05, 4.69) is 17.1 Å². The number of likely N-dealkylation sites (tertiary alicyclic amines) is 1. The number of primary amides is 1. The van der Waals surface area contributed by atoms with Gasteiger partial charge in [-0.05, 0) is 58.4 Å². The number of hydrogen-bond acceptors (Lipinski definition) is 4. The molecule has 2 saturated carbocycles. The van der Waals surface area contributed by atoms with Crippen LogP contribution >= 0.6 is 0 Å². The number of nitrogens with two attached hydrogens (primary N) is 1. The summed E-state index contributed by atoms with van der Waals surface area (Å²) >= 11 is 0. The zero-order chi connectivity index (χ0) is 15.1. The summed E-state index contributed by atoms with van der Waals surface area (Å²) in [5.41, 5.74) is 5.23. The second-order valence-electron chi connectivity index (χ2n) is 7.49. The summed E-state index contributed by atoms with van der Waals surface area (Å²) in [6.07, 6.45) is 7.45. The van der Waals surface area contributed by atoms with Crippen LogP contribution in [0.25, 0.3) is 0 Å². The Morgan fingerprint density at radius 2 is 2.10 bits per heavy atom. The zero-order valence-electron chi connectivity index (χ0n) is 13.4. The Morgan fingerprint density at radius 1 is 1.33 bits per heavy atom. The molecule has 3 unspecified atom stereocenters. The van der Waals surface area contributed by atoms with E-state index in [1.807, 2.05) is 0 Å². The highest BCUT2D eigenvalue weighted by Gasteiger charge is 2.49. The van der Waals surface area contributed by atoms with Gasteiger partial charge in [0.05, 0.1) is 11.1 Å². The van der Waals surface area contributed by atoms with Gasteiger partial charge in [-0.2, -0.15) is 0 Å². The molecule has 1 heterocycles. The predicted octanol–water partition coefficient (Wildman–Crippen LogP) is 1.02. The summed E-state index contributed by atoms with van der Waals surface area (Å²) in [7, 11) is 1.81. The SMILES string of the molecule is COC1(C)CCCN(C2CCC(NC3CC3)(C(N)=O)C2)C1. The lowest BCUT2D eigenvalue weighted by atomic mass is 9.92. The van der Waals surface area contributed by atoms with E-state index in [1.54, 1.807) is 7.11 Å². The van der Waals surface area contributed by atoms with Gasteiger partial charge in [0.1, 0.15) is 0 Å². The Bertz CT molecular complexity index is 412. The van der Waals surface area contributed by atoms with Gasteiger partial charge in [-0.1, -0.05) is 0 Å². The highest BCUT2D eigenvalue weighted by molar-refractivity contribution is 5.85. The molecule has 0 bridgehead atoms. The highest BCUT2D eigenvalue weighted by Crippen LogP contribution is 2.38. The van der Waals surface area contributed by atoms with E-state index in [-0.39, 0.29) is 11.5 Å². The van der Waals surface area contributed by atoms with E-state index in [0.29, 0.717) is 12.1 Å². The number of hydrogen-bond donors (Lipinski definition) is 2. The molecule has 0 aromatic heterocycles. The number of carbonyl (C=O) groups excluding carboxylic acids is 1. The maximum Gasteiger partial charge on any atom is 0.237 e. The van der Waals surface area contributed by atoms with Crippen LogP contribution in [0.3, 0.4) is 0 Å². The molecule has 3 rings (SSSR count). The fourth-order valence-electron chi connectivity index (χ4n) is 4.10. The predicted molar refractivity (Wildman–Crippen MR) is 81.9 cm³/mol. The Balaban J connectivity index is 1.66. The second kappa shape index (κ2) is 5.52. The lowest BCUT2D eigenvalue weighted by molar-refractivity contribution is -0.124. The first-order chi connectivity index (χ1) is 9.96. The molecule has 120 valence electrons. The molecule has 3 N–H and O–H groups in total. The first-order valence-electron chi connectivity index (χ1n) is 8.33. The molecule has 0 radical (unpaired) electrons. The Labute approximate surface area is 127 Å². The van der Waals surface area contributed by atoms with Crippen molar-refractivity contribution in [2.24, 2.45) is 5.73 Å². The van der Waals surface area contributed by atoms with Crippen molar-refractivity contribution >= 4 is 5.91 Å². The van der Waals surface area contributed by atoms with E-state index in [0.717, 1.165) is 38.8 Å². The zero-order valence-corrected chi connectivity index (χ0v) is 13.4. The van der Waals surface area contributed by atoms with Gasteiger partial charge in [0.15, 0.2) is 0 Å². The topological polar surface area (TPSA) is 67.6 Å². The lowest BCUT2D eigenvalue weighted by Gasteiger charge is -2.42. The average molecular weight is 295 g/mol. The molecule has 5 nitrogen and oxygen atoms in total. The Morgan fingerprint density at radius 3 is 2.71 bits per heavy atom. The van der Waals surface area contributed by atoms with Gasteiger partial charge in [-0.15, -0.1) is 0 Å². The molecule has 21 heavy (non-hydrogen) atoms. The molecule has 3 atom stereocenters. The summed E-state index contributed by atoms with van der Waals surface area (Å²) in [5, 5.41) is 3.54. The summed E-state index contributed by atoms with van der Waals surface area (Å²) in [5.74, 6) is -0.164. The molecule has 1 amide bonds.